The predicted molar refractivity (Wildman–Crippen MR) is 91.9 cm³/mol. The van der Waals surface area contributed by atoms with Gasteiger partial charge in [0.1, 0.15) is 11.8 Å². The van der Waals surface area contributed by atoms with Crippen LogP contribution in [0.4, 0.5) is 5.69 Å². The molecule has 1 saturated heterocycles. The van der Waals surface area contributed by atoms with Gasteiger partial charge in [0.05, 0.1) is 5.69 Å². The molecule has 1 fully saturated rings. The Hall–Kier alpha value is -2.82. The number of benzene rings is 2. The van der Waals surface area contributed by atoms with Gasteiger partial charge >= 0.3 is 0 Å². The Labute approximate surface area is 140 Å². The first-order valence-corrected chi connectivity index (χ1v) is 8.11. The second kappa shape index (κ2) is 7.17. The third-order valence-electron chi connectivity index (χ3n) is 4.25. The molecule has 3 rings (SSSR count). The first-order valence-electron chi connectivity index (χ1n) is 8.11. The Morgan fingerprint density at radius 2 is 1.71 bits per heavy atom. The molecular formula is C19H20N2O3. The van der Waals surface area contributed by atoms with Crippen LogP contribution in [0.2, 0.25) is 0 Å². The number of carbonyl (C=O) groups excluding carboxylic acids is 2. The number of nitrogens with one attached hydrogen (secondary N) is 1. The molecule has 24 heavy (non-hydrogen) atoms. The van der Waals surface area contributed by atoms with Gasteiger partial charge in [0.15, 0.2) is 0 Å². The monoisotopic (exact) mass is 324 g/mol. The highest BCUT2D eigenvalue weighted by atomic mass is 16.3. The molecule has 2 aromatic carbocycles. The fourth-order valence-corrected chi connectivity index (χ4v) is 2.99. The summed E-state index contributed by atoms with van der Waals surface area (Å²) in [6.07, 6.45) is 2.41. The van der Waals surface area contributed by atoms with Gasteiger partial charge in [0, 0.05) is 12.1 Å². The van der Waals surface area contributed by atoms with E-state index in [0.717, 1.165) is 12.8 Å². The first kappa shape index (κ1) is 16.1. The van der Waals surface area contributed by atoms with Crippen LogP contribution in [0.25, 0.3) is 0 Å². The van der Waals surface area contributed by atoms with Gasteiger partial charge in [0.25, 0.3) is 5.91 Å². The van der Waals surface area contributed by atoms with Crippen molar-refractivity contribution in [3.05, 3.63) is 60.2 Å². The predicted octanol–water partition coefficient (Wildman–Crippen LogP) is 3.03. The minimum atomic E-state index is -0.522. The summed E-state index contributed by atoms with van der Waals surface area (Å²) in [5, 5.41) is 12.5. The van der Waals surface area contributed by atoms with E-state index in [4.69, 9.17) is 0 Å². The lowest BCUT2D eigenvalue weighted by Crippen LogP contribution is -2.50. The molecule has 1 aliphatic rings. The number of para-hydroxylation sites is 2. The fourth-order valence-electron chi connectivity index (χ4n) is 2.99. The molecule has 124 valence electrons. The van der Waals surface area contributed by atoms with Gasteiger partial charge in [-0.25, -0.2) is 0 Å². The van der Waals surface area contributed by atoms with Crippen LogP contribution < -0.4 is 5.32 Å². The highest BCUT2D eigenvalue weighted by Crippen LogP contribution is 2.25. The third kappa shape index (κ3) is 3.40. The van der Waals surface area contributed by atoms with E-state index in [-0.39, 0.29) is 17.6 Å². The highest BCUT2D eigenvalue weighted by Gasteiger charge is 2.32. The van der Waals surface area contributed by atoms with Crippen LogP contribution in [0.1, 0.15) is 29.6 Å². The Balaban J connectivity index is 1.78. The van der Waals surface area contributed by atoms with Crippen LogP contribution in [0.15, 0.2) is 54.6 Å². The summed E-state index contributed by atoms with van der Waals surface area (Å²) in [6, 6.07) is 15.1. The summed E-state index contributed by atoms with van der Waals surface area (Å²) in [7, 11) is 0. The zero-order chi connectivity index (χ0) is 16.9. The molecule has 2 aromatic rings. The average molecular weight is 324 g/mol. The topological polar surface area (TPSA) is 69.6 Å². The maximum absolute atomic E-state index is 12.7. The van der Waals surface area contributed by atoms with Crippen molar-refractivity contribution in [3.63, 3.8) is 0 Å². The molecule has 0 saturated carbocycles. The normalized spacial score (nSPS) is 17.3. The number of likely N-dealkylation sites (tertiary alicyclic amines) is 1. The van der Waals surface area contributed by atoms with Gasteiger partial charge in [-0.1, -0.05) is 30.3 Å². The molecule has 0 bridgehead atoms. The maximum Gasteiger partial charge on any atom is 0.254 e. The molecule has 0 aromatic heterocycles. The van der Waals surface area contributed by atoms with Crippen LogP contribution in [-0.4, -0.2) is 34.4 Å². The molecule has 2 N–H and O–H groups in total. The van der Waals surface area contributed by atoms with E-state index in [1.165, 1.54) is 6.07 Å². The molecule has 2 amide bonds. The molecular weight excluding hydrogens is 304 g/mol. The van der Waals surface area contributed by atoms with Crippen molar-refractivity contribution >= 4 is 17.5 Å². The van der Waals surface area contributed by atoms with E-state index in [2.05, 4.69) is 5.32 Å². The standard InChI is InChI=1S/C19H20N2O3/c22-17-12-5-4-10-15(17)20-18(23)16-11-6-7-13-21(16)19(24)14-8-2-1-3-9-14/h1-5,8-10,12,16,22H,6-7,11,13H2,(H,20,23)/t16-/m0/s1. The van der Waals surface area contributed by atoms with Gasteiger partial charge in [-0.3, -0.25) is 9.59 Å². The summed E-state index contributed by atoms with van der Waals surface area (Å²) in [5.74, 6) is -0.379. The average Bonchev–Trinajstić information content (AvgIpc) is 2.63. The first-order chi connectivity index (χ1) is 11.7. The smallest absolute Gasteiger partial charge is 0.254 e. The van der Waals surface area contributed by atoms with Crippen molar-refractivity contribution in [2.45, 2.75) is 25.3 Å². The lowest BCUT2D eigenvalue weighted by molar-refractivity contribution is -0.121. The van der Waals surface area contributed by atoms with Crippen LogP contribution in [0.5, 0.6) is 5.75 Å². The summed E-state index contributed by atoms with van der Waals surface area (Å²) >= 11 is 0. The number of hydrogen-bond acceptors (Lipinski definition) is 3. The molecule has 0 radical (unpaired) electrons. The number of piperidine rings is 1. The molecule has 5 nitrogen and oxygen atoms in total. The van der Waals surface area contributed by atoms with Crippen LogP contribution in [0, 0.1) is 0 Å². The zero-order valence-electron chi connectivity index (χ0n) is 13.3. The Kier molecular flexibility index (Phi) is 4.79. The fraction of sp³-hybridized carbons (Fsp3) is 0.263. The second-order valence-electron chi connectivity index (χ2n) is 5.88. The molecule has 1 heterocycles. The maximum atomic E-state index is 12.7. The number of rotatable bonds is 3. The number of anilines is 1. The van der Waals surface area contributed by atoms with Crippen molar-refractivity contribution in [3.8, 4) is 5.75 Å². The van der Waals surface area contributed by atoms with E-state index in [1.807, 2.05) is 18.2 Å². The summed E-state index contributed by atoms with van der Waals surface area (Å²) < 4.78 is 0. The Morgan fingerprint density at radius 1 is 1.00 bits per heavy atom. The third-order valence-corrected chi connectivity index (χ3v) is 4.25. The summed E-state index contributed by atoms with van der Waals surface area (Å²) in [6.45, 7) is 0.562. The number of aromatic hydroxyl groups is 1. The lowest BCUT2D eigenvalue weighted by Gasteiger charge is -2.34. The van der Waals surface area contributed by atoms with Gasteiger partial charge < -0.3 is 15.3 Å². The molecule has 1 atom stereocenters. The van der Waals surface area contributed by atoms with E-state index >= 15 is 0 Å². The largest absolute Gasteiger partial charge is 0.506 e. The van der Waals surface area contributed by atoms with E-state index < -0.39 is 6.04 Å². The zero-order valence-corrected chi connectivity index (χ0v) is 13.3. The van der Waals surface area contributed by atoms with Gasteiger partial charge in [-0.15, -0.1) is 0 Å². The van der Waals surface area contributed by atoms with Crippen molar-refractivity contribution < 1.29 is 14.7 Å². The van der Waals surface area contributed by atoms with Gasteiger partial charge in [-0.2, -0.15) is 0 Å². The van der Waals surface area contributed by atoms with Crippen molar-refractivity contribution in [1.82, 2.24) is 4.90 Å². The number of amides is 2. The molecule has 0 unspecified atom stereocenters. The number of carbonyl (C=O) groups is 2. The van der Waals surface area contributed by atoms with Crippen molar-refractivity contribution in [1.29, 1.82) is 0 Å². The van der Waals surface area contributed by atoms with Gasteiger partial charge in [0.2, 0.25) is 5.91 Å². The van der Waals surface area contributed by atoms with Gasteiger partial charge in [-0.05, 0) is 43.5 Å². The minimum absolute atomic E-state index is 0.0163. The van der Waals surface area contributed by atoms with E-state index in [0.29, 0.717) is 24.2 Å². The summed E-state index contributed by atoms with van der Waals surface area (Å²) in [5.41, 5.74) is 0.944. The second-order valence-corrected chi connectivity index (χ2v) is 5.88. The quantitative estimate of drug-likeness (QED) is 0.853. The van der Waals surface area contributed by atoms with Crippen LogP contribution in [-0.2, 0) is 4.79 Å². The van der Waals surface area contributed by atoms with E-state index in [1.54, 1.807) is 35.2 Å². The number of phenols is 1. The molecule has 0 aliphatic carbocycles. The number of nitrogens with zero attached hydrogens (tertiary/aromatic N) is 1. The molecule has 5 heteroatoms. The minimum Gasteiger partial charge on any atom is -0.506 e. The summed E-state index contributed by atoms with van der Waals surface area (Å²) in [4.78, 5) is 27.0. The van der Waals surface area contributed by atoms with Crippen molar-refractivity contribution in [2.24, 2.45) is 0 Å². The molecule has 0 spiro atoms. The van der Waals surface area contributed by atoms with Crippen molar-refractivity contribution in [2.75, 3.05) is 11.9 Å². The lowest BCUT2D eigenvalue weighted by atomic mass is 10.00. The van der Waals surface area contributed by atoms with Crippen LogP contribution in [0.3, 0.4) is 0 Å². The number of phenolic OH excluding ortho intramolecular Hbond substituents is 1. The Morgan fingerprint density at radius 3 is 2.46 bits per heavy atom. The highest BCUT2D eigenvalue weighted by molar-refractivity contribution is 6.01. The number of hydrogen-bond donors (Lipinski definition) is 2. The van der Waals surface area contributed by atoms with E-state index in [9.17, 15) is 14.7 Å². The molecule has 1 aliphatic heterocycles. The van der Waals surface area contributed by atoms with Crippen LogP contribution >= 0.6 is 0 Å². The Bertz CT molecular complexity index is 730. The SMILES string of the molecule is O=C(Nc1ccccc1O)[C@@H]1CCCCN1C(=O)c1ccccc1.